The van der Waals surface area contributed by atoms with Gasteiger partial charge < -0.3 is 16.5 Å². The fraction of sp³-hybridized carbons (Fsp3) is 0.0909. The minimum Gasteiger partial charge on any atom is -0.382 e. The Balaban J connectivity index is 1.52. The van der Waals surface area contributed by atoms with Crippen molar-refractivity contribution in [2.45, 2.75) is 11.6 Å². The lowest BCUT2D eigenvalue weighted by Crippen LogP contribution is -1.95. The number of hydrogen-bond acceptors (Lipinski definition) is 10. The summed E-state index contributed by atoms with van der Waals surface area (Å²) in [5.41, 5.74) is 14.2. The first-order valence-electron chi connectivity index (χ1n) is 6.18. The van der Waals surface area contributed by atoms with Crippen LogP contribution in [0.3, 0.4) is 0 Å². The van der Waals surface area contributed by atoms with Crippen molar-refractivity contribution in [3.63, 3.8) is 0 Å². The van der Waals surface area contributed by atoms with Crippen LogP contribution in [0.15, 0.2) is 22.8 Å². The van der Waals surface area contributed by atoms with E-state index in [2.05, 4.69) is 34.9 Å². The number of nitrogen functional groups attached to an aromatic ring is 2. The van der Waals surface area contributed by atoms with Crippen LogP contribution in [0.1, 0.15) is 5.69 Å². The monoisotopic (exact) mass is 331 g/mol. The van der Waals surface area contributed by atoms with Gasteiger partial charge in [0.05, 0.1) is 10.7 Å². The number of H-pyrrole nitrogens is 1. The van der Waals surface area contributed by atoms with Crippen molar-refractivity contribution >= 4 is 55.1 Å². The minimum atomic E-state index is 0.378. The zero-order valence-corrected chi connectivity index (χ0v) is 12.6. The number of anilines is 2. The highest BCUT2D eigenvalue weighted by Gasteiger charge is 2.20. The van der Waals surface area contributed by atoms with E-state index in [0.717, 1.165) is 10.7 Å². The lowest BCUT2D eigenvalue weighted by molar-refractivity contribution is 1.08. The van der Waals surface area contributed by atoms with Gasteiger partial charge in [0.2, 0.25) is 0 Å². The van der Waals surface area contributed by atoms with E-state index in [0.29, 0.717) is 40.1 Å². The number of rotatable bonds is 2. The molecule has 0 saturated heterocycles. The molecular weight excluding hydrogens is 322 g/mol. The summed E-state index contributed by atoms with van der Waals surface area (Å²) in [6.45, 7) is 0. The van der Waals surface area contributed by atoms with Crippen molar-refractivity contribution < 1.29 is 0 Å². The van der Waals surface area contributed by atoms with Gasteiger partial charge in [0.25, 0.3) is 0 Å². The van der Waals surface area contributed by atoms with E-state index < -0.39 is 0 Å². The van der Waals surface area contributed by atoms with E-state index in [1.54, 1.807) is 0 Å². The third kappa shape index (κ3) is 2.23. The predicted octanol–water partition coefficient (Wildman–Crippen LogP) is 1.33. The molecule has 9 nitrogen and oxygen atoms in total. The lowest BCUT2D eigenvalue weighted by Gasteiger charge is -1.96. The van der Waals surface area contributed by atoms with Crippen molar-refractivity contribution in [1.29, 1.82) is 0 Å². The normalized spacial score (nSPS) is 13.4. The Morgan fingerprint density at radius 1 is 1.00 bits per heavy atom. The Kier molecular flexibility index (Phi) is 3.08. The van der Waals surface area contributed by atoms with E-state index in [9.17, 15) is 0 Å². The highest BCUT2D eigenvalue weighted by Crippen LogP contribution is 2.38. The standard InChI is InChI=1S/C11H9N9S2/c12-8-6-4(14-2-15-8)1-5(18-6)21-22-11-19-7-9(13)16-3-17-10(7)20-11/h2-3H,1H2,(H2,12,14,15)(H3,13,16,17,19,20). The van der Waals surface area contributed by atoms with Crippen LogP contribution < -0.4 is 11.5 Å². The van der Waals surface area contributed by atoms with Gasteiger partial charge in [0, 0.05) is 6.42 Å². The Morgan fingerprint density at radius 3 is 2.64 bits per heavy atom. The van der Waals surface area contributed by atoms with Gasteiger partial charge >= 0.3 is 0 Å². The second kappa shape index (κ2) is 5.10. The molecule has 0 spiro atoms. The quantitative estimate of drug-likeness (QED) is 0.592. The molecule has 0 saturated carbocycles. The van der Waals surface area contributed by atoms with Crippen LogP contribution in [0.25, 0.3) is 11.2 Å². The molecule has 110 valence electrons. The van der Waals surface area contributed by atoms with E-state index in [1.807, 2.05) is 0 Å². The number of aromatic amines is 1. The Hall–Kier alpha value is -2.40. The highest BCUT2D eigenvalue weighted by atomic mass is 33.1. The molecule has 0 unspecified atom stereocenters. The molecular formula is C11H9N9S2. The average molecular weight is 331 g/mol. The second-order valence-corrected chi connectivity index (χ2v) is 6.59. The van der Waals surface area contributed by atoms with E-state index in [1.165, 1.54) is 34.2 Å². The molecule has 3 aromatic rings. The number of aromatic nitrogens is 6. The van der Waals surface area contributed by atoms with Crippen LogP contribution in [0.5, 0.6) is 0 Å². The van der Waals surface area contributed by atoms with Crippen molar-refractivity contribution in [1.82, 2.24) is 29.9 Å². The van der Waals surface area contributed by atoms with Gasteiger partial charge in [0.15, 0.2) is 22.4 Å². The molecule has 3 aromatic heterocycles. The first-order chi connectivity index (χ1) is 10.7. The molecule has 0 atom stereocenters. The van der Waals surface area contributed by atoms with Crippen LogP contribution in [0, 0.1) is 0 Å². The summed E-state index contributed by atoms with van der Waals surface area (Å²) in [5, 5.41) is 1.58. The highest BCUT2D eigenvalue weighted by molar-refractivity contribution is 8.82. The van der Waals surface area contributed by atoms with Crippen molar-refractivity contribution in [2.24, 2.45) is 4.99 Å². The van der Waals surface area contributed by atoms with Crippen LogP contribution in [-0.4, -0.2) is 34.9 Å². The zero-order chi connectivity index (χ0) is 15.1. The zero-order valence-electron chi connectivity index (χ0n) is 11.0. The maximum Gasteiger partial charge on any atom is 0.183 e. The lowest BCUT2D eigenvalue weighted by atomic mass is 10.3. The summed E-state index contributed by atoms with van der Waals surface area (Å²) in [5.74, 6) is 0.778. The van der Waals surface area contributed by atoms with Gasteiger partial charge in [-0.2, -0.15) is 0 Å². The number of nitrogens with two attached hydrogens (primary N) is 2. The van der Waals surface area contributed by atoms with Crippen molar-refractivity contribution in [3.05, 3.63) is 18.3 Å². The third-order valence-electron chi connectivity index (χ3n) is 2.99. The molecule has 0 radical (unpaired) electrons. The molecule has 11 heteroatoms. The number of hydrogen-bond donors (Lipinski definition) is 3. The largest absolute Gasteiger partial charge is 0.382 e. The van der Waals surface area contributed by atoms with E-state index in [-0.39, 0.29) is 0 Å². The van der Waals surface area contributed by atoms with Crippen LogP contribution >= 0.6 is 21.6 Å². The van der Waals surface area contributed by atoms with Gasteiger partial charge in [-0.15, -0.1) is 0 Å². The smallest absolute Gasteiger partial charge is 0.183 e. The fourth-order valence-electron chi connectivity index (χ4n) is 1.99. The van der Waals surface area contributed by atoms with Gasteiger partial charge in [-0.25, -0.2) is 29.9 Å². The molecule has 0 amide bonds. The molecule has 4 rings (SSSR count). The van der Waals surface area contributed by atoms with Crippen molar-refractivity contribution in [2.75, 3.05) is 11.5 Å². The molecule has 22 heavy (non-hydrogen) atoms. The SMILES string of the molecule is Nc1ncnc2c1N=C(SSc1nc3ncnc(N)c3[nH]1)C2. The molecule has 4 heterocycles. The molecule has 0 fully saturated rings. The Bertz CT molecular complexity index is 904. The maximum atomic E-state index is 5.79. The summed E-state index contributed by atoms with van der Waals surface area (Å²) >= 11 is 0. The predicted molar refractivity (Wildman–Crippen MR) is 86.8 cm³/mol. The van der Waals surface area contributed by atoms with Crippen LogP contribution in [-0.2, 0) is 6.42 Å². The third-order valence-corrected chi connectivity index (χ3v) is 5.16. The summed E-state index contributed by atoms with van der Waals surface area (Å²) in [6, 6.07) is 0. The topological polar surface area (TPSA) is 145 Å². The first-order valence-corrected chi connectivity index (χ1v) is 8.33. The molecule has 0 bridgehead atoms. The van der Waals surface area contributed by atoms with Crippen LogP contribution in [0.4, 0.5) is 17.3 Å². The van der Waals surface area contributed by atoms with Gasteiger partial charge in [-0.3, -0.25) is 0 Å². The summed E-state index contributed by atoms with van der Waals surface area (Å²) < 4.78 is 0. The fourth-order valence-corrected chi connectivity index (χ4v) is 3.81. The molecule has 1 aliphatic heterocycles. The number of nitrogens with zero attached hydrogens (tertiary/aromatic N) is 6. The van der Waals surface area contributed by atoms with E-state index >= 15 is 0 Å². The van der Waals surface area contributed by atoms with Gasteiger partial charge in [-0.1, -0.05) is 0 Å². The number of fused-ring (bicyclic) bond motifs is 2. The average Bonchev–Trinajstić information content (AvgIpc) is 3.10. The molecule has 0 aromatic carbocycles. The first kappa shape index (κ1) is 13.3. The van der Waals surface area contributed by atoms with Gasteiger partial charge in [-0.05, 0) is 21.6 Å². The molecule has 0 aliphatic carbocycles. The van der Waals surface area contributed by atoms with Gasteiger partial charge in [0.1, 0.15) is 23.9 Å². The summed E-state index contributed by atoms with van der Waals surface area (Å²) in [4.78, 5) is 28.0. The van der Waals surface area contributed by atoms with Crippen LogP contribution in [0.2, 0.25) is 0 Å². The Morgan fingerprint density at radius 2 is 1.82 bits per heavy atom. The molecule has 1 aliphatic rings. The number of aliphatic imine (C=N–C) groups is 1. The summed E-state index contributed by atoms with van der Waals surface area (Å²) in [6.07, 6.45) is 3.48. The van der Waals surface area contributed by atoms with Crippen molar-refractivity contribution in [3.8, 4) is 0 Å². The number of nitrogens with one attached hydrogen (secondary N) is 1. The maximum absolute atomic E-state index is 5.79. The Labute approximate surface area is 131 Å². The van der Waals surface area contributed by atoms with E-state index in [4.69, 9.17) is 11.5 Å². The second-order valence-electron chi connectivity index (χ2n) is 4.40. The number of imidazole rings is 1. The summed E-state index contributed by atoms with van der Waals surface area (Å²) in [7, 11) is 2.92. The minimum absolute atomic E-state index is 0.378. The molecule has 5 N–H and O–H groups in total.